The Kier molecular flexibility index (Phi) is 3.14. The van der Waals surface area contributed by atoms with Crippen LogP contribution in [0.2, 0.25) is 0 Å². The molecule has 0 aliphatic heterocycles. The Hall–Kier alpha value is -2.17. The molecule has 1 N–H and O–H groups in total. The number of aliphatic carboxylic acids is 1. The Morgan fingerprint density at radius 3 is 2.67 bits per heavy atom. The topological polar surface area (TPSA) is 68.0 Å². The minimum atomic E-state index is -0.846. The summed E-state index contributed by atoms with van der Waals surface area (Å²) < 4.78 is 1.68. The molecule has 1 atom stereocenters. The lowest BCUT2D eigenvalue weighted by atomic mass is 9.99. The second kappa shape index (κ2) is 4.60. The molecule has 2 aromatic heterocycles. The van der Waals surface area contributed by atoms with Crippen LogP contribution in [0.1, 0.15) is 29.8 Å². The van der Waals surface area contributed by atoms with Crippen molar-refractivity contribution in [3.05, 3.63) is 41.3 Å². The van der Waals surface area contributed by atoms with E-state index in [4.69, 9.17) is 5.11 Å². The average Bonchev–Trinajstić information content (AvgIpc) is 2.65. The number of aromatic nitrogens is 3. The van der Waals surface area contributed by atoms with Crippen molar-refractivity contribution in [1.82, 2.24) is 14.8 Å². The Balaban J connectivity index is 2.54. The first-order valence-electron chi connectivity index (χ1n) is 5.72. The van der Waals surface area contributed by atoms with E-state index < -0.39 is 11.9 Å². The predicted molar refractivity (Wildman–Crippen MR) is 66.9 cm³/mol. The third kappa shape index (κ3) is 1.99. The quantitative estimate of drug-likeness (QED) is 0.898. The third-order valence-corrected chi connectivity index (χ3v) is 3.02. The van der Waals surface area contributed by atoms with Crippen LogP contribution in [0.15, 0.2) is 24.4 Å². The first-order chi connectivity index (χ1) is 8.52. The fourth-order valence-electron chi connectivity index (χ4n) is 2.11. The molecular weight excluding hydrogens is 230 g/mol. The van der Waals surface area contributed by atoms with Crippen LogP contribution >= 0.6 is 0 Å². The van der Waals surface area contributed by atoms with Crippen molar-refractivity contribution in [1.29, 1.82) is 0 Å². The number of carboxylic acid groups (broad SMARTS) is 1. The summed E-state index contributed by atoms with van der Waals surface area (Å²) >= 11 is 0. The van der Waals surface area contributed by atoms with Gasteiger partial charge in [0.1, 0.15) is 0 Å². The lowest BCUT2D eigenvalue weighted by Gasteiger charge is -2.07. The third-order valence-electron chi connectivity index (χ3n) is 3.02. The number of pyridine rings is 1. The van der Waals surface area contributed by atoms with E-state index >= 15 is 0 Å². The Morgan fingerprint density at radius 2 is 2.11 bits per heavy atom. The van der Waals surface area contributed by atoms with Crippen LogP contribution in [-0.4, -0.2) is 25.8 Å². The second-order valence-corrected chi connectivity index (χ2v) is 4.24. The summed E-state index contributed by atoms with van der Waals surface area (Å²) in [4.78, 5) is 15.3. The molecule has 1 unspecified atom stereocenters. The first kappa shape index (κ1) is 12.3. The molecule has 0 radical (unpaired) electrons. The van der Waals surface area contributed by atoms with Gasteiger partial charge in [-0.1, -0.05) is 6.07 Å². The molecule has 0 aromatic carbocycles. The summed E-state index contributed by atoms with van der Waals surface area (Å²) in [6.07, 6.45) is 1.69. The lowest BCUT2D eigenvalue weighted by molar-refractivity contribution is -0.138. The number of carbonyl (C=O) groups is 1. The fraction of sp³-hybridized carbons (Fsp3) is 0.308. The van der Waals surface area contributed by atoms with Crippen molar-refractivity contribution in [3.8, 4) is 5.82 Å². The van der Waals surface area contributed by atoms with Crippen LogP contribution in [0, 0.1) is 13.8 Å². The van der Waals surface area contributed by atoms with E-state index in [1.54, 1.807) is 17.8 Å². The van der Waals surface area contributed by atoms with Crippen molar-refractivity contribution >= 4 is 5.97 Å². The molecule has 0 aliphatic carbocycles. The van der Waals surface area contributed by atoms with Crippen molar-refractivity contribution in [2.45, 2.75) is 26.7 Å². The molecule has 2 rings (SSSR count). The summed E-state index contributed by atoms with van der Waals surface area (Å²) in [7, 11) is 0. The van der Waals surface area contributed by atoms with E-state index in [0.717, 1.165) is 17.0 Å². The maximum Gasteiger partial charge on any atom is 0.310 e. The Labute approximate surface area is 105 Å². The van der Waals surface area contributed by atoms with Crippen LogP contribution in [0.25, 0.3) is 5.82 Å². The van der Waals surface area contributed by atoms with Crippen LogP contribution in [0.3, 0.4) is 0 Å². The van der Waals surface area contributed by atoms with E-state index in [-0.39, 0.29) is 0 Å². The molecule has 0 amide bonds. The van der Waals surface area contributed by atoms with Gasteiger partial charge >= 0.3 is 5.97 Å². The minimum Gasteiger partial charge on any atom is -0.481 e. The number of rotatable bonds is 3. The molecule has 18 heavy (non-hydrogen) atoms. The maximum atomic E-state index is 11.1. The van der Waals surface area contributed by atoms with E-state index in [0.29, 0.717) is 5.82 Å². The highest BCUT2D eigenvalue weighted by Gasteiger charge is 2.23. The predicted octanol–water partition coefficient (Wildman–Crippen LogP) is 2.07. The standard InChI is InChI=1S/C13H15N3O2/c1-8(13(17)18)12-9(2)15-16(10(12)3)11-6-4-5-7-14-11/h4-8H,1-3H3,(H,17,18). The molecule has 2 aromatic rings. The van der Waals surface area contributed by atoms with Gasteiger partial charge in [-0.3, -0.25) is 4.79 Å². The second-order valence-electron chi connectivity index (χ2n) is 4.24. The maximum absolute atomic E-state index is 11.1. The molecule has 0 spiro atoms. The van der Waals surface area contributed by atoms with Gasteiger partial charge in [-0.2, -0.15) is 5.10 Å². The largest absolute Gasteiger partial charge is 0.481 e. The van der Waals surface area contributed by atoms with Crippen LogP contribution in [0.4, 0.5) is 0 Å². The summed E-state index contributed by atoms with van der Waals surface area (Å²) in [5, 5.41) is 13.5. The highest BCUT2D eigenvalue weighted by molar-refractivity contribution is 5.76. The van der Waals surface area contributed by atoms with Crippen LogP contribution < -0.4 is 0 Å². The summed E-state index contributed by atoms with van der Waals surface area (Å²) in [5.41, 5.74) is 2.31. The van der Waals surface area contributed by atoms with Crippen molar-refractivity contribution in [3.63, 3.8) is 0 Å². The van der Waals surface area contributed by atoms with Gasteiger partial charge in [0, 0.05) is 17.5 Å². The van der Waals surface area contributed by atoms with Crippen LogP contribution in [0.5, 0.6) is 0 Å². The fourth-order valence-corrected chi connectivity index (χ4v) is 2.11. The first-order valence-corrected chi connectivity index (χ1v) is 5.72. The molecule has 94 valence electrons. The normalized spacial score (nSPS) is 12.4. The van der Waals surface area contributed by atoms with Gasteiger partial charge in [0.2, 0.25) is 0 Å². The molecule has 0 saturated heterocycles. The number of carboxylic acids is 1. The highest BCUT2D eigenvalue weighted by atomic mass is 16.4. The molecule has 0 fully saturated rings. The van der Waals surface area contributed by atoms with Gasteiger partial charge in [-0.05, 0) is 32.9 Å². The number of hydrogen-bond acceptors (Lipinski definition) is 3. The number of nitrogens with zero attached hydrogens (tertiary/aromatic N) is 3. The molecule has 0 bridgehead atoms. The SMILES string of the molecule is Cc1nn(-c2ccccn2)c(C)c1C(C)C(=O)O. The zero-order chi connectivity index (χ0) is 13.3. The number of hydrogen-bond donors (Lipinski definition) is 1. The monoisotopic (exact) mass is 245 g/mol. The average molecular weight is 245 g/mol. The zero-order valence-electron chi connectivity index (χ0n) is 10.6. The van der Waals surface area contributed by atoms with Gasteiger partial charge < -0.3 is 5.11 Å². The molecule has 5 nitrogen and oxygen atoms in total. The van der Waals surface area contributed by atoms with Crippen LogP contribution in [-0.2, 0) is 4.79 Å². The summed E-state index contributed by atoms with van der Waals surface area (Å²) in [6, 6.07) is 5.55. The minimum absolute atomic E-state index is 0.567. The lowest BCUT2D eigenvalue weighted by Crippen LogP contribution is -2.10. The van der Waals surface area contributed by atoms with Gasteiger partial charge in [-0.15, -0.1) is 0 Å². The van der Waals surface area contributed by atoms with Gasteiger partial charge in [0.25, 0.3) is 0 Å². The summed E-state index contributed by atoms with van der Waals surface area (Å²) in [5.74, 6) is -0.717. The Bertz CT molecular complexity index is 575. The molecule has 5 heteroatoms. The van der Waals surface area contributed by atoms with E-state index in [1.807, 2.05) is 32.0 Å². The highest BCUT2D eigenvalue weighted by Crippen LogP contribution is 2.24. The van der Waals surface area contributed by atoms with Gasteiger partial charge in [-0.25, -0.2) is 9.67 Å². The Morgan fingerprint density at radius 1 is 1.39 bits per heavy atom. The molecular formula is C13H15N3O2. The zero-order valence-corrected chi connectivity index (χ0v) is 10.6. The van der Waals surface area contributed by atoms with Gasteiger partial charge in [0.05, 0.1) is 11.6 Å². The van der Waals surface area contributed by atoms with E-state index in [2.05, 4.69) is 10.1 Å². The molecule has 2 heterocycles. The van der Waals surface area contributed by atoms with E-state index in [1.165, 1.54) is 0 Å². The number of aryl methyl sites for hydroxylation is 1. The van der Waals surface area contributed by atoms with Crippen molar-refractivity contribution < 1.29 is 9.90 Å². The van der Waals surface area contributed by atoms with E-state index in [9.17, 15) is 4.79 Å². The summed E-state index contributed by atoms with van der Waals surface area (Å²) in [6.45, 7) is 5.35. The smallest absolute Gasteiger partial charge is 0.310 e. The van der Waals surface area contributed by atoms with Crippen molar-refractivity contribution in [2.24, 2.45) is 0 Å². The van der Waals surface area contributed by atoms with Gasteiger partial charge in [0.15, 0.2) is 5.82 Å². The van der Waals surface area contributed by atoms with Crippen molar-refractivity contribution in [2.75, 3.05) is 0 Å². The molecule has 0 saturated carbocycles. The molecule has 0 aliphatic rings.